The Balaban J connectivity index is 2.02. The fraction of sp³-hybridized carbons (Fsp3) is 0.188. The molecule has 2 rings (SSSR count). The number of nitrogens with zero attached hydrogens (tertiary/aromatic N) is 2. The summed E-state index contributed by atoms with van der Waals surface area (Å²) in [7, 11) is 4.00. The van der Waals surface area contributed by atoms with E-state index in [1.807, 2.05) is 55.4 Å². The summed E-state index contributed by atoms with van der Waals surface area (Å²) in [5.74, 6) is 0.843. The first-order valence-electron chi connectivity index (χ1n) is 6.08. The summed E-state index contributed by atoms with van der Waals surface area (Å²) >= 11 is 0. The van der Waals surface area contributed by atoms with Crippen LogP contribution in [0.4, 0.5) is 5.69 Å². The van der Waals surface area contributed by atoms with Gasteiger partial charge in [-0.2, -0.15) is 5.26 Å². The largest absolute Gasteiger partial charge is 0.489 e. The average molecular weight is 252 g/mol. The highest BCUT2D eigenvalue weighted by atomic mass is 16.5. The molecule has 3 nitrogen and oxygen atoms in total. The van der Waals surface area contributed by atoms with Crippen LogP contribution in [0.5, 0.6) is 5.75 Å². The second kappa shape index (κ2) is 5.92. The molecule has 0 aliphatic carbocycles. The number of rotatable bonds is 4. The van der Waals surface area contributed by atoms with Gasteiger partial charge in [-0.05, 0) is 29.8 Å². The zero-order chi connectivity index (χ0) is 13.7. The number of nitriles is 1. The zero-order valence-corrected chi connectivity index (χ0v) is 11.1. The molecule has 2 aromatic rings. The Morgan fingerprint density at radius 2 is 1.84 bits per heavy atom. The highest BCUT2D eigenvalue weighted by Crippen LogP contribution is 2.20. The third kappa shape index (κ3) is 3.49. The van der Waals surface area contributed by atoms with Crippen LogP contribution in [0.1, 0.15) is 11.1 Å². The summed E-state index contributed by atoms with van der Waals surface area (Å²) in [5.41, 5.74) is 2.82. The molecule has 3 heteroatoms. The van der Waals surface area contributed by atoms with Gasteiger partial charge in [0.15, 0.2) is 0 Å². The van der Waals surface area contributed by atoms with Gasteiger partial charge in [-0.15, -0.1) is 0 Å². The summed E-state index contributed by atoms with van der Waals surface area (Å²) in [6.45, 7) is 0.503. The molecule has 0 aromatic heterocycles. The van der Waals surface area contributed by atoms with E-state index in [4.69, 9.17) is 10.00 Å². The minimum atomic E-state index is 0.503. The van der Waals surface area contributed by atoms with Crippen LogP contribution in [0.3, 0.4) is 0 Å². The lowest BCUT2D eigenvalue weighted by atomic mass is 10.1. The first-order valence-corrected chi connectivity index (χ1v) is 6.08. The van der Waals surface area contributed by atoms with Crippen molar-refractivity contribution in [2.75, 3.05) is 19.0 Å². The Hall–Kier alpha value is -2.47. The molecule has 0 saturated heterocycles. The fourth-order valence-electron chi connectivity index (χ4n) is 1.69. The predicted octanol–water partition coefficient (Wildman–Crippen LogP) is 3.20. The standard InChI is InChI=1S/C16H16N2O/c1-18(2)15-4-3-5-16(10-15)19-12-14-8-6-13(11-17)7-9-14/h3-10H,12H2,1-2H3. The van der Waals surface area contributed by atoms with E-state index >= 15 is 0 Å². The first kappa shape index (κ1) is 13.0. The molecule has 0 radical (unpaired) electrons. The SMILES string of the molecule is CN(C)c1cccc(OCc2ccc(C#N)cc2)c1. The maximum atomic E-state index is 8.73. The quantitative estimate of drug-likeness (QED) is 0.838. The highest BCUT2D eigenvalue weighted by molar-refractivity contribution is 5.49. The monoisotopic (exact) mass is 252 g/mol. The van der Waals surface area contributed by atoms with Crippen LogP contribution in [0, 0.1) is 11.3 Å². The van der Waals surface area contributed by atoms with Gasteiger partial charge >= 0.3 is 0 Å². The Morgan fingerprint density at radius 3 is 2.47 bits per heavy atom. The summed E-state index contributed by atoms with van der Waals surface area (Å²) in [6, 6.07) is 17.5. The van der Waals surface area contributed by atoms with Crippen molar-refractivity contribution in [1.82, 2.24) is 0 Å². The van der Waals surface area contributed by atoms with Crippen molar-refractivity contribution in [2.24, 2.45) is 0 Å². The molecule has 0 aliphatic heterocycles. The zero-order valence-electron chi connectivity index (χ0n) is 11.1. The maximum Gasteiger partial charge on any atom is 0.121 e. The van der Waals surface area contributed by atoms with Crippen LogP contribution in [0.2, 0.25) is 0 Å². The lowest BCUT2D eigenvalue weighted by Gasteiger charge is -2.14. The number of hydrogen-bond donors (Lipinski definition) is 0. The van der Waals surface area contributed by atoms with E-state index in [-0.39, 0.29) is 0 Å². The van der Waals surface area contributed by atoms with Crippen LogP contribution >= 0.6 is 0 Å². The van der Waals surface area contributed by atoms with Crippen molar-refractivity contribution in [3.05, 3.63) is 59.7 Å². The molecule has 0 amide bonds. The van der Waals surface area contributed by atoms with Gasteiger partial charge in [0.25, 0.3) is 0 Å². The van der Waals surface area contributed by atoms with Crippen LogP contribution in [0.25, 0.3) is 0 Å². The van der Waals surface area contributed by atoms with Gasteiger partial charge in [0, 0.05) is 25.8 Å². The second-order valence-corrected chi connectivity index (χ2v) is 4.49. The number of benzene rings is 2. The van der Waals surface area contributed by atoms with Crippen LogP contribution in [-0.2, 0) is 6.61 Å². The Bertz CT molecular complexity index is 582. The van der Waals surface area contributed by atoms with Gasteiger partial charge in [-0.1, -0.05) is 18.2 Å². The lowest BCUT2D eigenvalue weighted by Crippen LogP contribution is -2.08. The average Bonchev–Trinajstić information content (AvgIpc) is 2.46. The molecule has 0 aliphatic rings. The molecule has 0 atom stereocenters. The number of ether oxygens (including phenoxy) is 1. The third-order valence-corrected chi connectivity index (χ3v) is 2.82. The Kier molecular flexibility index (Phi) is 4.04. The van der Waals surface area contributed by atoms with Crippen LogP contribution in [-0.4, -0.2) is 14.1 Å². The molecule has 0 saturated carbocycles. The van der Waals surface area contributed by atoms with Crippen molar-refractivity contribution in [3.8, 4) is 11.8 Å². The van der Waals surface area contributed by atoms with Crippen molar-refractivity contribution in [2.45, 2.75) is 6.61 Å². The normalized spacial score (nSPS) is 9.74. The van der Waals surface area contributed by atoms with E-state index in [1.54, 1.807) is 12.1 Å². The van der Waals surface area contributed by atoms with Crippen molar-refractivity contribution in [3.63, 3.8) is 0 Å². The molecule has 0 bridgehead atoms. The number of hydrogen-bond acceptors (Lipinski definition) is 3. The van der Waals surface area contributed by atoms with Crippen molar-refractivity contribution < 1.29 is 4.74 Å². The Labute approximate surface area is 113 Å². The van der Waals surface area contributed by atoms with Gasteiger partial charge in [-0.3, -0.25) is 0 Å². The minimum absolute atomic E-state index is 0.503. The van der Waals surface area contributed by atoms with E-state index in [9.17, 15) is 0 Å². The van der Waals surface area contributed by atoms with Gasteiger partial charge in [0.2, 0.25) is 0 Å². The van der Waals surface area contributed by atoms with E-state index in [1.165, 1.54) is 0 Å². The molecule has 96 valence electrons. The molecular formula is C16H16N2O. The molecule has 0 fully saturated rings. The Morgan fingerprint density at radius 1 is 1.11 bits per heavy atom. The van der Waals surface area contributed by atoms with E-state index in [2.05, 4.69) is 6.07 Å². The van der Waals surface area contributed by atoms with Crippen molar-refractivity contribution >= 4 is 5.69 Å². The van der Waals surface area contributed by atoms with Gasteiger partial charge in [0.05, 0.1) is 11.6 Å². The molecular weight excluding hydrogens is 236 g/mol. The van der Waals surface area contributed by atoms with Crippen LogP contribution in [0.15, 0.2) is 48.5 Å². The number of anilines is 1. The van der Waals surface area contributed by atoms with Crippen molar-refractivity contribution in [1.29, 1.82) is 5.26 Å². The van der Waals surface area contributed by atoms with E-state index in [0.717, 1.165) is 17.0 Å². The second-order valence-electron chi connectivity index (χ2n) is 4.49. The summed E-state index contributed by atoms with van der Waals surface area (Å²) in [6.07, 6.45) is 0. The molecule has 0 N–H and O–H groups in total. The smallest absolute Gasteiger partial charge is 0.121 e. The molecule has 2 aromatic carbocycles. The van der Waals surface area contributed by atoms with E-state index < -0.39 is 0 Å². The van der Waals surface area contributed by atoms with Crippen LogP contribution < -0.4 is 9.64 Å². The summed E-state index contributed by atoms with van der Waals surface area (Å²) in [4.78, 5) is 2.04. The van der Waals surface area contributed by atoms with Gasteiger partial charge in [-0.25, -0.2) is 0 Å². The highest BCUT2D eigenvalue weighted by Gasteiger charge is 2.00. The molecule has 0 spiro atoms. The first-order chi connectivity index (χ1) is 9.19. The predicted molar refractivity (Wildman–Crippen MR) is 76.3 cm³/mol. The summed E-state index contributed by atoms with van der Waals surface area (Å²) in [5, 5.41) is 8.73. The summed E-state index contributed by atoms with van der Waals surface area (Å²) < 4.78 is 5.75. The third-order valence-electron chi connectivity index (χ3n) is 2.82. The fourth-order valence-corrected chi connectivity index (χ4v) is 1.69. The molecule has 0 heterocycles. The van der Waals surface area contributed by atoms with Gasteiger partial charge < -0.3 is 9.64 Å². The minimum Gasteiger partial charge on any atom is -0.489 e. The topological polar surface area (TPSA) is 36.3 Å². The molecule has 0 unspecified atom stereocenters. The molecule has 19 heavy (non-hydrogen) atoms. The van der Waals surface area contributed by atoms with Gasteiger partial charge in [0.1, 0.15) is 12.4 Å². The maximum absolute atomic E-state index is 8.73. The van der Waals surface area contributed by atoms with E-state index in [0.29, 0.717) is 12.2 Å². The lowest BCUT2D eigenvalue weighted by molar-refractivity contribution is 0.306.